The summed E-state index contributed by atoms with van der Waals surface area (Å²) < 4.78 is 1.26. The molecular formula is C15H22BrN. The van der Waals surface area contributed by atoms with Gasteiger partial charge in [0.05, 0.1) is 0 Å². The molecule has 0 aromatic heterocycles. The molecule has 2 rings (SSSR count). The van der Waals surface area contributed by atoms with Crippen molar-refractivity contribution in [1.82, 2.24) is 5.32 Å². The van der Waals surface area contributed by atoms with Crippen molar-refractivity contribution in [2.45, 2.75) is 39.2 Å². The minimum atomic E-state index is 0.593. The molecule has 2 heteroatoms. The van der Waals surface area contributed by atoms with Crippen LogP contribution >= 0.6 is 15.9 Å². The number of benzene rings is 1. The second kappa shape index (κ2) is 6.01. The van der Waals surface area contributed by atoms with Gasteiger partial charge in [-0.3, -0.25) is 0 Å². The third-order valence-electron chi connectivity index (χ3n) is 3.52. The minimum Gasteiger partial charge on any atom is -0.314 e. The molecule has 1 nitrogen and oxygen atoms in total. The van der Waals surface area contributed by atoms with Gasteiger partial charge in [0.2, 0.25) is 0 Å². The van der Waals surface area contributed by atoms with Crippen LogP contribution in [0.15, 0.2) is 28.7 Å². The van der Waals surface area contributed by atoms with Crippen LogP contribution in [0.5, 0.6) is 0 Å². The predicted molar refractivity (Wildman–Crippen MR) is 77.2 cm³/mol. The summed E-state index contributed by atoms with van der Waals surface area (Å²) in [4.78, 5) is 0. The Balaban J connectivity index is 1.95. The van der Waals surface area contributed by atoms with Gasteiger partial charge in [0, 0.05) is 10.5 Å². The van der Waals surface area contributed by atoms with E-state index in [1.807, 2.05) is 0 Å². The molecular weight excluding hydrogens is 274 g/mol. The molecule has 94 valence electrons. The van der Waals surface area contributed by atoms with E-state index in [-0.39, 0.29) is 0 Å². The molecule has 1 saturated carbocycles. The van der Waals surface area contributed by atoms with Crippen molar-refractivity contribution in [1.29, 1.82) is 0 Å². The summed E-state index contributed by atoms with van der Waals surface area (Å²) in [6.07, 6.45) is 4.05. The number of rotatable bonds is 6. The summed E-state index contributed by atoms with van der Waals surface area (Å²) in [5.41, 5.74) is 1.45. The molecule has 1 aliphatic carbocycles. The highest BCUT2D eigenvalue weighted by Gasteiger charge is 2.31. The molecule has 1 aliphatic rings. The summed E-state index contributed by atoms with van der Waals surface area (Å²) in [6, 6.07) is 9.21. The Morgan fingerprint density at radius 1 is 1.29 bits per heavy atom. The third-order valence-corrected chi connectivity index (χ3v) is 4.29. The Labute approximate surface area is 113 Å². The Morgan fingerprint density at radius 3 is 2.59 bits per heavy atom. The number of halogens is 1. The van der Waals surface area contributed by atoms with Crippen molar-refractivity contribution in [2.75, 3.05) is 6.54 Å². The Bertz CT molecular complexity index is 358. The number of hydrogen-bond acceptors (Lipinski definition) is 1. The molecule has 1 N–H and O–H groups in total. The lowest BCUT2D eigenvalue weighted by atomic mass is 9.94. The van der Waals surface area contributed by atoms with Gasteiger partial charge in [-0.2, -0.15) is 0 Å². The predicted octanol–water partition coefficient (Wildman–Crippen LogP) is 4.02. The van der Waals surface area contributed by atoms with Gasteiger partial charge in [-0.05, 0) is 49.3 Å². The zero-order valence-electron chi connectivity index (χ0n) is 10.7. The van der Waals surface area contributed by atoms with E-state index >= 15 is 0 Å². The molecule has 0 radical (unpaired) electrons. The van der Waals surface area contributed by atoms with Gasteiger partial charge >= 0.3 is 0 Å². The van der Waals surface area contributed by atoms with E-state index in [1.54, 1.807) is 0 Å². The Hall–Kier alpha value is -0.340. The van der Waals surface area contributed by atoms with Gasteiger partial charge in [-0.15, -0.1) is 0 Å². The molecule has 0 aliphatic heterocycles. The highest BCUT2D eigenvalue weighted by molar-refractivity contribution is 9.10. The van der Waals surface area contributed by atoms with Crippen molar-refractivity contribution in [3.8, 4) is 0 Å². The van der Waals surface area contributed by atoms with E-state index in [2.05, 4.69) is 59.4 Å². The van der Waals surface area contributed by atoms with E-state index in [4.69, 9.17) is 0 Å². The van der Waals surface area contributed by atoms with Crippen LogP contribution in [0.1, 0.15) is 32.3 Å². The smallest absolute Gasteiger partial charge is 0.0207 e. The normalized spacial score (nSPS) is 17.4. The average Bonchev–Trinajstić information content (AvgIpc) is 3.10. The quantitative estimate of drug-likeness (QED) is 0.836. The van der Waals surface area contributed by atoms with Crippen LogP contribution in [-0.4, -0.2) is 12.6 Å². The monoisotopic (exact) mass is 295 g/mol. The van der Waals surface area contributed by atoms with Crippen molar-refractivity contribution >= 4 is 15.9 Å². The first-order valence-electron chi connectivity index (χ1n) is 6.63. The standard InChI is InChI=1S/C15H22BrN/c1-11(2)17-10-14(12-7-8-12)9-13-5-3-4-6-15(13)16/h3-6,11-12,14,17H,7-10H2,1-2H3. The molecule has 17 heavy (non-hydrogen) atoms. The van der Waals surface area contributed by atoms with Gasteiger partial charge < -0.3 is 5.32 Å². The molecule has 1 atom stereocenters. The van der Waals surface area contributed by atoms with Crippen LogP contribution in [0.3, 0.4) is 0 Å². The Kier molecular flexibility index (Phi) is 4.63. The highest BCUT2D eigenvalue weighted by atomic mass is 79.9. The van der Waals surface area contributed by atoms with E-state index in [1.165, 1.54) is 29.3 Å². The lowest BCUT2D eigenvalue weighted by Crippen LogP contribution is -2.31. The third kappa shape index (κ3) is 4.11. The first kappa shape index (κ1) is 13.1. The van der Waals surface area contributed by atoms with Crippen molar-refractivity contribution in [2.24, 2.45) is 11.8 Å². The minimum absolute atomic E-state index is 0.593. The zero-order valence-corrected chi connectivity index (χ0v) is 12.3. The van der Waals surface area contributed by atoms with Crippen LogP contribution < -0.4 is 5.32 Å². The summed E-state index contributed by atoms with van der Waals surface area (Å²) in [7, 11) is 0. The second-order valence-electron chi connectivity index (χ2n) is 5.46. The molecule has 0 bridgehead atoms. The van der Waals surface area contributed by atoms with Gasteiger partial charge in [-0.25, -0.2) is 0 Å². The molecule has 1 aromatic carbocycles. The maximum absolute atomic E-state index is 3.65. The largest absolute Gasteiger partial charge is 0.314 e. The van der Waals surface area contributed by atoms with E-state index in [0.29, 0.717) is 6.04 Å². The average molecular weight is 296 g/mol. The lowest BCUT2D eigenvalue weighted by molar-refractivity contribution is 0.404. The molecule has 1 unspecified atom stereocenters. The summed E-state index contributed by atoms with van der Waals surface area (Å²) in [6.45, 7) is 5.61. The number of hydrogen-bond donors (Lipinski definition) is 1. The van der Waals surface area contributed by atoms with Gasteiger partial charge in [0.1, 0.15) is 0 Å². The fourth-order valence-electron chi connectivity index (χ4n) is 2.31. The van der Waals surface area contributed by atoms with Crippen LogP contribution in [-0.2, 0) is 6.42 Å². The van der Waals surface area contributed by atoms with Crippen molar-refractivity contribution < 1.29 is 0 Å². The topological polar surface area (TPSA) is 12.0 Å². The van der Waals surface area contributed by atoms with Gasteiger partial charge in [0.25, 0.3) is 0 Å². The Morgan fingerprint density at radius 2 is 2.00 bits per heavy atom. The molecule has 1 fully saturated rings. The van der Waals surface area contributed by atoms with E-state index < -0.39 is 0 Å². The van der Waals surface area contributed by atoms with Crippen LogP contribution in [0.4, 0.5) is 0 Å². The van der Waals surface area contributed by atoms with E-state index in [9.17, 15) is 0 Å². The fraction of sp³-hybridized carbons (Fsp3) is 0.600. The maximum Gasteiger partial charge on any atom is 0.0207 e. The summed E-state index contributed by atoms with van der Waals surface area (Å²) in [5.74, 6) is 1.75. The summed E-state index contributed by atoms with van der Waals surface area (Å²) >= 11 is 3.65. The van der Waals surface area contributed by atoms with Crippen molar-refractivity contribution in [3.05, 3.63) is 34.3 Å². The van der Waals surface area contributed by atoms with Gasteiger partial charge in [-0.1, -0.05) is 48.0 Å². The summed E-state index contributed by atoms with van der Waals surface area (Å²) in [5, 5.41) is 3.59. The van der Waals surface area contributed by atoms with Crippen molar-refractivity contribution in [3.63, 3.8) is 0 Å². The molecule has 1 aromatic rings. The van der Waals surface area contributed by atoms with Crippen LogP contribution in [0.2, 0.25) is 0 Å². The molecule has 0 heterocycles. The molecule has 0 saturated heterocycles. The maximum atomic E-state index is 3.65. The molecule has 0 amide bonds. The van der Waals surface area contributed by atoms with E-state index in [0.717, 1.165) is 18.4 Å². The van der Waals surface area contributed by atoms with Crippen LogP contribution in [0.25, 0.3) is 0 Å². The lowest BCUT2D eigenvalue weighted by Gasteiger charge is -2.19. The number of nitrogens with one attached hydrogen (secondary N) is 1. The first-order valence-corrected chi connectivity index (χ1v) is 7.43. The zero-order chi connectivity index (χ0) is 12.3. The second-order valence-corrected chi connectivity index (χ2v) is 6.31. The fourth-order valence-corrected chi connectivity index (χ4v) is 2.75. The first-order chi connectivity index (χ1) is 8.16. The molecule has 0 spiro atoms. The SMILES string of the molecule is CC(C)NCC(Cc1ccccc1Br)C1CC1. The van der Waals surface area contributed by atoms with Crippen LogP contribution in [0, 0.1) is 11.8 Å². The van der Waals surface area contributed by atoms with Gasteiger partial charge in [0.15, 0.2) is 0 Å². The highest BCUT2D eigenvalue weighted by Crippen LogP contribution is 2.39.